The molecule has 0 aliphatic heterocycles. The average Bonchev–Trinajstić information content (AvgIpc) is 2.83. The molecule has 1 aliphatic rings. The Morgan fingerprint density at radius 1 is 1.32 bits per heavy atom. The number of carbonyl (C=O) groups excluding carboxylic acids is 1. The highest BCUT2D eigenvalue weighted by Crippen LogP contribution is 2.36. The molecule has 1 aromatic rings. The van der Waals surface area contributed by atoms with Gasteiger partial charge in [-0.25, -0.2) is 0 Å². The van der Waals surface area contributed by atoms with Crippen LogP contribution in [0.2, 0.25) is 0 Å². The van der Waals surface area contributed by atoms with Gasteiger partial charge in [-0.1, -0.05) is 25.8 Å². The third-order valence-electron chi connectivity index (χ3n) is 4.18. The molecular formula is C16H24N2O. The first-order valence-electron chi connectivity index (χ1n) is 7.11. The zero-order valence-electron chi connectivity index (χ0n) is 12.2. The summed E-state index contributed by atoms with van der Waals surface area (Å²) in [6, 6.07) is 5.88. The molecule has 0 unspecified atom stereocenters. The number of aryl methyl sites for hydroxylation is 1. The Kier molecular flexibility index (Phi) is 4.13. The Hall–Kier alpha value is -1.51. The van der Waals surface area contributed by atoms with Gasteiger partial charge < -0.3 is 10.6 Å². The van der Waals surface area contributed by atoms with E-state index in [9.17, 15) is 4.79 Å². The first-order valence-corrected chi connectivity index (χ1v) is 7.11. The smallest absolute Gasteiger partial charge is 0.253 e. The molecule has 0 bridgehead atoms. The van der Waals surface area contributed by atoms with Gasteiger partial charge in [-0.3, -0.25) is 4.79 Å². The first-order chi connectivity index (χ1) is 9.04. The fraction of sp³-hybridized carbons (Fsp3) is 0.562. The van der Waals surface area contributed by atoms with Gasteiger partial charge >= 0.3 is 0 Å². The lowest BCUT2D eigenvalue weighted by Gasteiger charge is -2.24. The predicted molar refractivity (Wildman–Crippen MR) is 79.6 cm³/mol. The van der Waals surface area contributed by atoms with E-state index in [4.69, 9.17) is 0 Å². The lowest BCUT2D eigenvalue weighted by molar-refractivity contribution is 0.0935. The van der Waals surface area contributed by atoms with Crippen molar-refractivity contribution in [2.24, 2.45) is 5.41 Å². The first kappa shape index (κ1) is 13.9. The van der Waals surface area contributed by atoms with Gasteiger partial charge in [0, 0.05) is 19.3 Å². The standard InChI is InChI=1S/C16H24N2O/c1-12-6-7-13(14(10-12)17-3)15(19)18-11-16(2)8-4-5-9-16/h6-7,10,17H,4-5,8-9,11H2,1-3H3,(H,18,19). The number of carbonyl (C=O) groups is 1. The summed E-state index contributed by atoms with van der Waals surface area (Å²) in [5.74, 6) is 0.0254. The molecule has 19 heavy (non-hydrogen) atoms. The Morgan fingerprint density at radius 2 is 2.00 bits per heavy atom. The van der Waals surface area contributed by atoms with Gasteiger partial charge in [0.2, 0.25) is 0 Å². The molecule has 0 aromatic heterocycles. The van der Waals surface area contributed by atoms with Gasteiger partial charge in [0.05, 0.1) is 5.56 Å². The molecule has 1 aliphatic carbocycles. The molecule has 0 atom stereocenters. The van der Waals surface area contributed by atoms with Crippen molar-refractivity contribution < 1.29 is 4.79 Å². The van der Waals surface area contributed by atoms with E-state index in [0.717, 1.165) is 23.4 Å². The normalized spacial score (nSPS) is 17.2. The van der Waals surface area contributed by atoms with Crippen molar-refractivity contribution in [3.05, 3.63) is 29.3 Å². The van der Waals surface area contributed by atoms with Crippen LogP contribution >= 0.6 is 0 Å². The highest BCUT2D eigenvalue weighted by Gasteiger charge is 2.29. The summed E-state index contributed by atoms with van der Waals surface area (Å²) < 4.78 is 0. The zero-order chi connectivity index (χ0) is 13.9. The average molecular weight is 260 g/mol. The van der Waals surface area contributed by atoms with Gasteiger partial charge in [0.15, 0.2) is 0 Å². The summed E-state index contributed by atoms with van der Waals surface area (Å²) in [5, 5.41) is 6.19. The van der Waals surface area contributed by atoms with E-state index in [1.807, 2.05) is 32.2 Å². The Labute approximate surface area is 115 Å². The van der Waals surface area contributed by atoms with Crippen LogP contribution in [-0.4, -0.2) is 19.5 Å². The molecule has 104 valence electrons. The van der Waals surface area contributed by atoms with E-state index < -0.39 is 0 Å². The number of nitrogens with one attached hydrogen (secondary N) is 2. The second kappa shape index (κ2) is 5.64. The summed E-state index contributed by atoms with van der Waals surface area (Å²) in [5.41, 5.74) is 3.08. The minimum atomic E-state index is 0.0254. The quantitative estimate of drug-likeness (QED) is 0.871. The number of benzene rings is 1. The summed E-state index contributed by atoms with van der Waals surface area (Å²) in [7, 11) is 1.85. The Bertz CT molecular complexity index is 462. The summed E-state index contributed by atoms with van der Waals surface area (Å²) in [6.07, 6.45) is 5.03. The third kappa shape index (κ3) is 3.28. The number of rotatable bonds is 4. The van der Waals surface area contributed by atoms with Crippen LogP contribution in [0.3, 0.4) is 0 Å². The molecule has 1 fully saturated rings. The summed E-state index contributed by atoms with van der Waals surface area (Å²) >= 11 is 0. The van der Waals surface area contributed by atoms with E-state index in [-0.39, 0.29) is 5.91 Å². The highest BCUT2D eigenvalue weighted by atomic mass is 16.1. The van der Waals surface area contributed by atoms with Crippen molar-refractivity contribution in [2.75, 3.05) is 18.9 Å². The number of anilines is 1. The molecule has 1 aromatic carbocycles. The van der Waals surface area contributed by atoms with Gasteiger partial charge in [-0.05, 0) is 42.9 Å². The van der Waals surface area contributed by atoms with Crippen molar-refractivity contribution in [3.8, 4) is 0 Å². The molecule has 2 rings (SSSR count). The van der Waals surface area contributed by atoms with Crippen LogP contribution in [0.25, 0.3) is 0 Å². The predicted octanol–water partition coefficient (Wildman–Crippen LogP) is 3.35. The van der Waals surface area contributed by atoms with Crippen molar-refractivity contribution in [1.29, 1.82) is 0 Å². The highest BCUT2D eigenvalue weighted by molar-refractivity contribution is 5.99. The van der Waals surface area contributed by atoms with Crippen LogP contribution in [0.15, 0.2) is 18.2 Å². The minimum absolute atomic E-state index is 0.0254. The molecule has 0 radical (unpaired) electrons. The maximum Gasteiger partial charge on any atom is 0.253 e. The van der Waals surface area contributed by atoms with Gasteiger partial charge in [-0.15, -0.1) is 0 Å². The van der Waals surface area contributed by atoms with Crippen LogP contribution < -0.4 is 10.6 Å². The lowest BCUT2D eigenvalue weighted by Crippen LogP contribution is -2.34. The second-order valence-electron chi connectivity index (χ2n) is 6.00. The fourth-order valence-electron chi connectivity index (χ4n) is 2.86. The number of hydrogen-bond donors (Lipinski definition) is 2. The molecule has 1 amide bonds. The molecule has 3 heteroatoms. The molecule has 0 heterocycles. The maximum atomic E-state index is 12.3. The largest absolute Gasteiger partial charge is 0.387 e. The van der Waals surface area contributed by atoms with Crippen LogP contribution in [0.5, 0.6) is 0 Å². The Morgan fingerprint density at radius 3 is 2.63 bits per heavy atom. The van der Waals surface area contributed by atoms with Crippen molar-refractivity contribution >= 4 is 11.6 Å². The SMILES string of the molecule is CNc1cc(C)ccc1C(=O)NCC1(C)CCCC1. The van der Waals surface area contributed by atoms with E-state index in [2.05, 4.69) is 17.6 Å². The minimum Gasteiger partial charge on any atom is -0.387 e. The fourth-order valence-corrected chi connectivity index (χ4v) is 2.86. The Balaban J connectivity index is 2.03. The van der Waals surface area contributed by atoms with Crippen molar-refractivity contribution in [1.82, 2.24) is 5.32 Å². The van der Waals surface area contributed by atoms with Crippen LogP contribution in [0.4, 0.5) is 5.69 Å². The van der Waals surface area contributed by atoms with Crippen LogP contribution in [0, 0.1) is 12.3 Å². The summed E-state index contributed by atoms with van der Waals surface area (Å²) in [6.45, 7) is 5.08. The number of amides is 1. The van der Waals surface area contributed by atoms with Crippen LogP contribution in [0.1, 0.15) is 48.5 Å². The van der Waals surface area contributed by atoms with Crippen LogP contribution in [-0.2, 0) is 0 Å². The van der Waals surface area contributed by atoms with E-state index in [1.54, 1.807) is 0 Å². The molecule has 0 saturated heterocycles. The molecule has 0 spiro atoms. The van der Waals surface area contributed by atoms with E-state index in [0.29, 0.717) is 5.41 Å². The maximum absolute atomic E-state index is 12.3. The third-order valence-corrected chi connectivity index (χ3v) is 4.18. The van der Waals surface area contributed by atoms with E-state index in [1.165, 1.54) is 25.7 Å². The summed E-state index contributed by atoms with van der Waals surface area (Å²) in [4.78, 5) is 12.3. The van der Waals surface area contributed by atoms with Crippen molar-refractivity contribution in [3.63, 3.8) is 0 Å². The molecular weight excluding hydrogens is 236 g/mol. The molecule has 3 nitrogen and oxygen atoms in total. The topological polar surface area (TPSA) is 41.1 Å². The monoisotopic (exact) mass is 260 g/mol. The van der Waals surface area contributed by atoms with Gasteiger partial charge in [-0.2, -0.15) is 0 Å². The van der Waals surface area contributed by atoms with Crippen molar-refractivity contribution in [2.45, 2.75) is 39.5 Å². The lowest BCUT2D eigenvalue weighted by atomic mass is 9.89. The molecule has 1 saturated carbocycles. The molecule has 2 N–H and O–H groups in total. The second-order valence-corrected chi connectivity index (χ2v) is 6.00. The van der Waals surface area contributed by atoms with Gasteiger partial charge in [0.1, 0.15) is 0 Å². The van der Waals surface area contributed by atoms with Gasteiger partial charge in [0.25, 0.3) is 5.91 Å². The van der Waals surface area contributed by atoms with E-state index >= 15 is 0 Å². The zero-order valence-corrected chi connectivity index (χ0v) is 12.2. The number of hydrogen-bond acceptors (Lipinski definition) is 2.